The summed E-state index contributed by atoms with van der Waals surface area (Å²) in [4.78, 5) is 19.6. The Labute approximate surface area is 142 Å². The predicted molar refractivity (Wildman–Crippen MR) is 96.5 cm³/mol. The first kappa shape index (κ1) is 15.8. The summed E-state index contributed by atoms with van der Waals surface area (Å²) in [7, 11) is 1.76. The quantitative estimate of drug-likeness (QED) is 0.638. The van der Waals surface area contributed by atoms with Crippen LogP contribution in [-0.2, 0) is 0 Å². The minimum Gasteiger partial charge on any atom is -0.318 e. The Morgan fingerprint density at radius 2 is 1.88 bits per heavy atom. The Morgan fingerprint density at radius 3 is 2.42 bits per heavy atom. The number of nitrogens with zero attached hydrogens (tertiary/aromatic N) is 3. The fourth-order valence-corrected chi connectivity index (χ4v) is 2.38. The monoisotopic (exact) mass is 317 g/mol. The molecule has 24 heavy (non-hydrogen) atoms. The Hall–Kier alpha value is -3.06. The zero-order chi connectivity index (χ0) is 17.3. The van der Waals surface area contributed by atoms with E-state index in [0.29, 0.717) is 11.4 Å². The number of anilines is 1. The number of hydrogen-bond donors (Lipinski definition) is 0. The summed E-state index contributed by atoms with van der Waals surface area (Å²) < 4.78 is 0. The lowest BCUT2D eigenvalue weighted by Gasteiger charge is -2.39. The van der Waals surface area contributed by atoms with Crippen LogP contribution in [0, 0.1) is 12.3 Å². The molecule has 0 saturated carbocycles. The van der Waals surface area contributed by atoms with Crippen molar-refractivity contribution in [2.24, 2.45) is 0 Å². The average Bonchev–Trinajstić information content (AvgIpc) is 3.19. The van der Waals surface area contributed by atoms with Crippen LogP contribution in [0.2, 0.25) is 0 Å². The van der Waals surface area contributed by atoms with Crippen molar-refractivity contribution < 1.29 is 4.79 Å². The average molecular weight is 317 g/mol. The van der Waals surface area contributed by atoms with Gasteiger partial charge < -0.3 is 4.90 Å². The topological polar surface area (TPSA) is 36.4 Å². The van der Waals surface area contributed by atoms with Crippen LogP contribution >= 0.6 is 0 Å². The molecule has 4 rings (SSSR count). The number of terminal acetylenes is 1. The molecule has 0 unspecified atom stereocenters. The van der Waals surface area contributed by atoms with E-state index < -0.39 is 0 Å². The number of likely N-dealkylation sites (N-methyl/N-ethyl adjacent to an activating group) is 1. The minimum absolute atomic E-state index is 0.141. The lowest BCUT2D eigenvalue weighted by molar-refractivity contribution is 0.181. The Morgan fingerprint density at radius 1 is 1.17 bits per heavy atom. The van der Waals surface area contributed by atoms with Crippen LogP contribution in [0.25, 0.3) is 11.1 Å². The van der Waals surface area contributed by atoms with Crippen LogP contribution in [0.1, 0.15) is 19.4 Å². The summed E-state index contributed by atoms with van der Waals surface area (Å²) in [5, 5.41) is 0. The van der Waals surface area contributed by atoms with Gasteiger partial charge in [-0.05, 0) is 49.2 Å². The second-order valence-corrected chi connectivity index (χ2v) is 6.28. The van der Waals surface area contributed by atoms with Gasteiger partial charge in [0.1, 0.15) is 0 Å². The molecule has 1 aromatic rings. The van der Waals surface area contributed by atoms with E-state index in [2.05, 4.69) is 35.2 Å². The molecule has 0 radical (unpaired) electrons. The lowest BCUT2D eigenvalue weighted by Crippen LogP contribution is -2.52. The molecule has 3 aliphatic rings. The zero-order valence-corrected chi connectivity index (χ0v) is 14.0. The molecule has 2 aliphatic carbocycles. The summed E-state index contributed by atoms with van der Waals surface area (Å²) in [6, 6.07) is 11.9. The fourth-order valence-electron chi connectivity index (χ4n) is 2.38. The maximum absolute atomic E-state index is 12.3. The van der Waals surface area contributed by atoms with E-state index in [9.17, 15) is 4.79 Å². The molecule has 0 atom stereocenters. The third-order valence-corrected chi connectivity index (χ3v) is 4.27. The van der Waals surface area contributed by atoms with Gasteiger partial charge in [-0.2, -0.15) is 0 Å². The number of benzene rings is 1. The van der Waals surface area contributed by atoms with Gasteiger partial charge in [0.25, 0.3) is 0 Å². The molecule has 0 saturated heterocycles. The van der Waals surface area contributed by atoms with E-state index in [0.717, 1.165) is 0 Å². The smallest absolute Gasteiger partial charge is 0.318 e. The van der Waals surface area contributed by atoms with Crippen molar-refractivity contribution in [3.05, 3.63) is 60.4 Å². The standard InChI is InChI=1S/C14H15N3O.C6H4/c1-5-11-7-6-9-15-12(11)17-10-8-14(2,3)16(4)13(17)18;1-2-5-4-6(5)3-1/h1,6-10H,2-4H3;1-4H. The molecule has 0 aromatic carbocycles. The number of pyridine rings is 1. The van der Waals surface area contributed by atoms with Gasteiger partial charge in [-0.25, -0.2) is 9.78 Å². The number of carbonyl (C=O) groups excluding carboxylic acids is 1. The molecule has 0 fully saturated rings. The van der Waals surface area contributed by atoms with Crippen molar-refractivity contribution in [3.63, 3.8) is 0 Å². The number of urea groups is 1. The normalized spacial score (nSPS) is 16.2. The van der Waals surface area contributed by atoms with E-state index in [-0.39, 0.29) is 11.6 Å². The number of aromatic nitrogens is 1. The van der Waals surface area contributed by atoms with Gasteiger partial charge in [-0.1, -0.05) is 24.1 Å². The summed E-state index contributed by atoms with van der Waals surface area (Å²) in [6.07, 6.45) is 10.7. The molecule has 1 aromatic heterocycles. The fraction of sp³-hybridized carbons (Fsp3) is 0.200. The van der Waals surface area contributed by atoms with Crippen LogP contribution in [0.3, 0.4) is 0 Å². The van der Waals surface area contributed by atoms with Crippen LogP contribution in [0.5, 0.6) is 0 Å². The van der Waals surface area contributed by atoms with E-state index in [4.69, 9.17) is 6.42 Å². The van der Waals surface area contributed by atoms with Crippen molar-refractivity contribution in [2.75, 3.05) is 11.9 Å². The number of fused-ring (bicyclic) bond motifs is 1. The molecule has 1 aliphatic heterocycles. The third-order valence-electron chi connectivity index (χ3n) is 4.27. The number of amides is 2. The largest absolute Gasteiger partial charge is 0.330 e. The second kappa shape index (κ2) is 5.86. The second-order valence-electron chi connectivity index (χ2n) is 6.28. The van der Waals surface area contributed by atoms with Crippen LogP contribution in [0.15, 0.2) is 54.9 Å². The molecule has 0 N–H and O–H groups in total. The molecular weight excluding hydrogens is 298 g/mol. The van der Waals surface area contributed by atoms with Crippen molar-refractivity contribution in [3.8, 4) is 23.5 Å². The molecule has 4 heteroatoms. The SMILES string of the molecule is C#Cc1cccnc1N1C=CC(C)(C)N(C)C1=O.c1cc2cc-2c1. The van der Waals surface area contributed by atoms with Crippen molar-refractivity contribution in [1.82, 2.24) is 9.88 Å². The van der Waals surface area contributed by atoms with Gasteiger partial charge in [-0.3, -0.25) is 4.90 Å². The maximum Gasteiger partial charge on any atom is 0.330 e. The highest BCUT2D eigenvalue weighted by Gasteiger charge is 2.33. The molecule has 2 amide bonds. The molecule has 0 spiro atoms. The first-order valence-corrected chi connectivity index (χ1v) is 7.72. The molecule has 2 heterocycles. The van der Waals surface area contributed by atoms with Crippen molar-refractivity contribution >= 4 is 11.8 Å². The van der Waals surface area contributed by atoms with E-state index in [1.807, 2.05) is 19.9 Å². The Balaban J connectivity index is 0.000000231. The molecule has 0 bridgehead atoms. The summed E-state index contributed by atoms with van der Waals surface area (Å²) in [5.41, 5.74) is 3.15. The molecule has 4 nitrogen and oxygen atoms in total. The number of hydrogen-bond acceptors (Lipinski definition) is 2. The lowest BCUT2D eigenvalue weighted by atomic mass is 10.0. The number of carbonyl (C=O) groups is 1. The van der Waals surface area contributed by atoms with E-state index in [1.165, 1.54) is 16.0 Å². The predicted octanol–water partition coefficient (Wildman–Crippen LogP) is 3.89. The van der Waals surface area contributed by atoms with Gasteiger partial charge in [0.2, 0.25) is 0 Å². The van der Waals surface area contributed by atoms with Crippen LogP contribution in [-0.4, -0.2) is 28.5 Å². The molecular formula is C20H19N3O. The first-order valence-electron chi connectivity index (χ1n) is 7.72. The van der Waals surface area contributed by atoms with Crippen LogP contribution < -0.4 is 4.90 Å². The maximum atomic E-state index is 12.3. The van der Waals surface area contributed by atoms with Crippen LogP contribution in [0.4, 0.5) is 10.6 Å². The number of rotatable bonds is 1. The van der Waals surface area contributed by atoms with E-state index in [1.54, 1.807) is 36.5 Å². The zero-order valence-electron chi connectivity index (χ0n) is 14.0. The summed E-state index contributed by atoms with van der Waals surface area (Å²) in [5.74, 6) is 3.03. The van der Waals surface area contributed by atoms with Gasteiger partial charge in [-0.15, -0.1) is 6.42 Å². The van der Waals surface area contributed by atoms with Crippen molar-refractivity contribution in [1.29, 1.82) is 0 Å². The highest BCUT2D eigenvalue weighted by Crippen LogP contribution is 2.32. The van der Waals surface area contributed by atoms with Gasteiger partial charge in [0.15, 0.2) is 5.82 Å². The van der Waals surface area contributed by atoms with Crippen molar-refractivity contribution in [2.45, 2.75) is 19.4 Å². The highest BCUT2D eigenvalue weighted by atomic mass is 16.2. The first-order chi connectivity index (χ1) is 11.4. The Bertz CT molecular complexity index is 844. The highest BCUT2D eigenvalue weighted by molar-refractivity contribution is 5.95. The summed E-state index contributed by atoms with van der Waals surface area (Å²) >= 11 is 0. The Kier molecular flexibility index (Phi) is 3.86. The summed E-state index contributed by atoms with van der Waals surface area (Å²) in [6.45, 7) is 3.94. The van der Waals surface area contributed by atoms with Gasteiger partial charge >= 0.3 is 6.03 Å². The third kappa shape index (κ3) is 2.89. The van der Waals surface area contributed by atoms with Gasteiger partial charge in [0, 0.05) is 19.4 Å². The molecule has 120 valence electrons. The minimum atomic E-state index is -0.307. The van der Waals surface area contributed by atoms with Gasteiger partial charge in [0.05, 0.1) is 11.1 Å². The van der Waals surface area contributed by atoms with E-state index >= 15 is 0 Å².